The fourth-order valence-corrected chi connectivity index (χ4v) is 2.62. The van der Waals surface area contributed by atoms with Crippen molar-refractivity contribution in [3.8, 4) is 5.75 Å². The highest BCUT2D eigenvalue weighted by molar-refractivity contribution is 6.30. The van der Waals surface area contributed by atoms with E-state index >= 15 is 0 Å². The van der Waals surface area contributed by atoms with E-state index in [1.54, 1.807) is 62.4 Å². The number of ketones is 1. The number of esters is 1. The molecule has 0 bridgehead atoms. The second-order valence-corrected chi connectivity index (χ2v) is 6.87. The Morgan fingerprint density at radius 3 is 2.29 bits per heavy atom. The van der Waals surface area contributed by atoms with Crippen LogP contribution in [0, 0.1) is 5.92 Å². The van der Waals surface area contributed by atoms with Crippen LogP contribution in [-0.2, 0) is 9.53 Å². The largest absolute Gasteiger partial charge is 0.496 e. The van der Waals surface area contributed by atoms with E-state index in [-0.39, 0.29) is 11.7 Å². The van der Waals surface area contributed by atoms with Gasteiger partial charge >= 0.3 is 5.97 Å². The summed E-state index contributed by atoms with van der Waals surface area (Å²) in [4.78, 5) is 37.2. The van der Waals surface area contributed by atoms with Gasteiger partial charge in [-0.05, 0) is 42.3 Å². The van der Waals surface area contributed by atoms with E-state index < -0.39 is 24.5 Å². The topological polar surface area (TPSA) is 81.7 Å². The molecule has 2 rings (SSSR count). The average Bonchev–Trinajstić information content (AvgIpc) is 2.70. The lowest BCUT2D eigenvalue weighted by molar-refractivity contribution is -0.145. The van der Waals surface area contributed by atoms with E-state index in [4.69, 9.17) is 21.1 Å². The zero-order valence-corrected chi connectivity index (χ0v) is 16.7. The molecular formula is C21H22ClNO5. The maximum atomic E-state index is 12.6. The van der Waals surface area contributed by atoms with E-state index in [0.29, 0.717) is 21.9 Å². The molecule has 0 fully saturated rings. The number of para-hydroxylation sites is 1. The van der Waals surface area contributed by atoms with Crippen molar-refractivity contribution in [1.82, 2.24) is 5.32 Å². The second-order valence-electron chi connectivity index (χ2n) is 6.43. The van der Waals surface area contributed by atoms with Crippen LogP contribution in [0.4, 0.5) is 0 Å². The lowest BCUT2D eigenvalue weighted by Crippen LogP contribution is -2.45. The van der Waals surface area contributed by atoms with Gasteiger partial charge in [0.15, 0.2) is 12.4 Å². The van der Waals surface area contributed by atoms with Gasteiger partial charge in [-0.25, -0.2) is 4.79 Å². The van der Waals surface area contributed by atoms with Gasteiger partial charge in [-0.1, -0.05) is 37.6 Å². The van der Waals surface area contributed by atoms with Crippen molar-refractivity contribution < 1.29 is 23.9 Å². The highest BCUT2D eigenvalue weighted by atomic mass is 35.5. The van der Waals surface area contributed by atoms with Gasteiger partial charge < -0.3 is 14.8 Å². The van der Waals surface area contributed by atoms with Gasteiger partial charge in [-0.2, -0.15) is 0 Å². The van der Waals surface area contributed by atoms with Crippen molar-refractivity contribution >= 4 is 29.3 Å². The Kier molecular flexibility index (Phi) is 7.58. The Labute approximate surface area is 168 Å². The molecule has 2 aromatic carbocycles. The Morgan fingerprint density at radius 1 is 1.04 bits per heavy atom. The van der Waals surface area contributed by atoms with Gasteiger partial charge in [0.25, 0.3) is 5.91 Å². The highest BCUT2D eigenvalue weighted by Gasteiger charge is 2.27. The predicted octanol–water partition coefficient (Wildman–Crippen LogP) is 3.53. The van der Waals surface area contributed by atoms with Gasteiger partial charge in [-0.15, -0.1) is 0 Å². The van der Waals surface area contributed by atoms with Crippen molar-refractivity contribution in [2.45, 2.75) is 19.9 Å². The van der Waals surface area contributed by atoms with Gasteiger partial charge in [0, 0.05) is 10.6 Å². The van der Waals surface area contributed by atoms with Crippen molar-refractivity contribution in [2.24, 2.45) is 5.92 Å². The number of carbonyl (C=O) groups is 3. The molecule has 0 aliphatic carbocycles. The monoisotopic (exact) mass is 403 g/mol. The molecule has 1 atom stereocenters. The lowest BCUT2D eigenvalue weighted by atomic mass is 10.0. The molecule has 0 saturated heterocycles. The first-order chi connectivity index (χ1) is 13.3. The van der Waals surface area contributed by atoms with Gasteiger partial charge in [0.1, 0.15) is 11.8 Å². The zero-order valence-electron chi connectivity index (χ0n) is 15.9. The number of amides is 1. The minimum Gasteiger partial charge on any atom is -0.496 e. The fourth-order valence-electron chi connectivity index (χ4n) is 2.49. The maximum Gasteiger partial charge on any atom is 0.329 e. The average molecular weight is 404 g/mol. The van der Waals surface area contributed by atoms with Crippen molar-refractivity contribution in [3.05, 3.63) is 64.7 Å². The van der Waals surface area contributed by atoms with Gasteiger partial charge in [0.05, 0.1) is 12.7 Å². The number of methoxy groups -OCH3 is 1. The van der Waals surface area contributed by atoms with Crippen LogP contribution >= 0.6 is 11.6 Å². The number of rotatable bonds is 8. The number of benzene rings is 2. The molecule has 0 aromatic heterocycles. The summed E-state index contributed by atoms with van der Waals surface area (Å²) in [6, 6.07) is 12.1. The Bertz CT molecular complexity index is 848. The molecule has 0 unspecified atom stereocenters. The van der Waals surface area contributed by atoms with Crippen molar-refractivity contribution in [2.75, 3.05) is 13.7 Å². The maximum absolute atomic E-state index is 12.6. The summed E-state index contributed by atoms with van der Waals surface area (Å²) in [6.07, 6.45) is 0. The Hall–Kier alpha value is -2.86. The molecule has 0 heterocycles. The summed E-state index contributed by atoms with van der Waals surface area (Å²) in [5, 5.41) is 3.16. The molecule has 2 aromatic rings. The summed E-state index contributed by atoms with van der Waals surface area (Å²) in [5.41, 5.74) is 0.692. The summed E-state index contributed by atoms with van der Waals surface area (Å²) < 4.78 is 10.3. The number of carbonyl (C=O) groups excluding carboxylic acids is 3. The minimum absolute atomic E-state index is 0.239. The molecule has 0 aliphatic heterocycles. The molecule has 0 aliphatic rings. The second kappa shape index (κ2) is 9.90. The third kappa shape index (κ3) is 5.57. The smallest absolute Gasteiger partial charge is 0.329 e. The zero-order chi connectivity index (χ0) is 20.7. The van der Waals surface area contributed by atoms with Gasteiger partial charge in [-0.3, -0.25) is 9.59 Å². The first kappa shape index (κ1) is 21.4. The number of ether oxygens (including phenoxy) is 2. The van der Waals surface area contributed by atoms with Gasteiger partial charge in [0.2, 0.25) is 0 Å². The third-order valence-electron chi connectivity index (χ3n) is 4.07. The highest BCUT2D eigenvalue weighted by Crippen LogP contribution is 2.18. The van der Waals surface area contributed by atoms with Crippen LogP contribution in [0.2, 0.25) is 5.02 Å². The standard InChI is InChI=1S/C21H22ClNO5/c1-13(2)19(23-20(25)16-6-4-5-7-18(16)27-3)21(26)28-12-17(24)14-8-10-15(22)11-9-14/h4-11,13,19H,12H2,1-3H3,(H,23,25)/t19-/m0/s1. The molecule has 0 spiro atoms. The molecular weight excluding hydrogens is 382 g/mol. The third-order valence-corrected chi connectivity index (χ3v) is 4.32. The van der Waals surface area contributed by atoms with Crippen LogP contribution in [0.1, 0.15) is 34.6 Å². The van der Waals surface area contributed by atoms with E-state index in [1.807, 2.05) is 0 Å². The predicted molar refractivity (Wildman–Crippen MR) is 106 cm³/mol. The molecule has 6 nitrogen and oxygen atoms in total. The van der Waals surface area contributed by atoms with Crippen LogP contribution in [0.5, 0.6) is 5.75 Å². The van der Waals surface area contributed by atoms with Crippen LogP contribution in [0.15, 0.2) is 48.5 Å². The van der Waals surface area contributed by atoms with E-state index in [0.717, 1.165) is 0 Å². The number of hydrogen-bond acceptors (Lipinski definition) is 5. The van der Waals surface area contributed by atoms with Crippen LogP contribution in [-0.4, -0.2) is 37.4 Å². The summed E-state index contributed by atoms with van der Waals surface area (Å²) in [6.45, 7) is 3.12. The first-order valence-corrected chi connectivity index (χ1v) is 9.10. The SMILES string of the molecule is COc1ccccc1C(=O)N[C@H](C(=O)OCC(=O)c1ccc(Cl)cc1)C(C)C. The molecule has 28 heavy (non-hydrogen) atoms. The van der Waals surface area contributed by atoms with E-state index in [1.165, 1.54) is 7.11 Å². The quantitative estimate of drug-likeness (QED) is 0.538. The molecule has 1 amide bonds. The normalized spacial score (nSPS) is 11.6. The number of halogens is 1. The van der Waals surface area contributed by atoms with Crippen LogP contribution < -0.4 is 10.1 Å². The summed E-state index contributed by atoms with van der Waals surface area (Å²) >= 11 is 5.80. The summed E-state index contributed by atoms with van der Waals surface area (Å²) in [5.74, 6) is -1.34. The first-order valence-electron chi connectivity index (χ1n) is 8.72. The molecule has 0 saturated carbocycles. The molecule has 7 heteroatoms. The van der Waals surface area contributed by atoms with Crippen molar-refractivity contribution in [1.29, 1.82) is 0 Å². The molecule has 148 valence electrons. The Balaban J connectivity index is 2.02. The van der Waals surface area contributed by atoms with E-state index in [2.05, 4.69) is 5.32 Å². The molecule has 1 N–H and O–H groups in total. The minimum atomic E-state index is -0.907. The number of nitrogens with one attached hydrogen (secondary N) is 1. The van der Waals surface area contributed by atoms with Crippen LogP contribution in [0.3, 0.4) is 0 Å². The number of Topliss-reactive ketones (excluding diaryl/α,β-unsaturated/α-hetero) is 1. The Morgan fingerprint density at radius 2 is 1.68 bits per heavy atom. The lowest BCUT2D eigenvalue weighted by Gasteiger charge is -2.21. The molecule has 0 radical (unpaired) electrons. The fraction of sp³-hybridized carbons (Fsp3) is 0.286. The van der Waals surface area contributed by atoms with Crippen molar-refractivity contribution in [3.63, 3.8) is 0 Å². The van der Waals surface area contributed by atoms with E-state index in [9.17, 15) is 14.4 Å². The summed E-state index contributed by atoms with van der Waals surface area (Å²) in [7, 11) is 1.46. The van der Waals surface area contributed by atoms with Crippen LogP contribution in [0.25, 0.3) is 0 Å². The number of hydrogen-bond donors (Lipinski definition) is 1.